The van der Waals surface area contributed by atoms with Crippen LogP contribution in [0.1, 0.15) is 90.6 Å². The zero-order chi connectivity index (χ0) is 30.0. The number of halogens is 1. The van der Waals surface area contributed by atoms with Crippen LogP contribution in [-0.4, -0.2) is 77.5 Å². The van der Waals surface area contributed by atoms with Gasteiger partial charge in [0.25, 0.3) is 5.91 Å². The number of anilines is 1. The molecule has 4 amide bonds. The van der Waals surface area contributed by atoms with Crippen molar-refractivity contribution in [3.05, 3.63) is 28.3 Å². The van der Waals surface area contributed by atoms with Crippen molar-refractivity contribution in [2.75, 3.05) is 31.1 Å². The Balaban J connectivity index is 1.92. The summed E-state index contributed by atoms with van der Waals surface area (Å²) in [4.78, 5) is 57.3. The van der Waals surface area contributed by atoms with E-state index in [-0.39, 0.29) is 42.4 Å². The number of rotatable bonds is 7. The third kappa shape index (κ3) is 7.28. The summed E-state index contributed by atoms with van der Waals surface area (Å²) in [6, 6.07) is 3.16. The molecule has 1 atom stereocenters. The Morgan fingerprint density at radius 1 is 1.23 bits per heavy atom. The third-order valence-corrected chi connectivity index (χ3v) is 7.67. The number of benzene rings is 1. The molecule has 2 aliphatic rings. The second kappa shape index (κ2) is 12.4. The molecule has 1 aromatic carbocycles. The van der Waals surface area contributed by atoms with E-state index in [0.29, 0.717) is 48.7 Å². The van der Waals surface area contributed by atoms with Crippen LogP contribution < -0.4 is 10.2 Å². The molecule has 40 heavy (non-hydrogen) atoms. The van der Waals surface area contributed by atoms with Gasteiger partial charge in [-0.05, 0) is 71.6 Å². The molecular weight excluding hydrogens is 532 g/mol. The van der Waals surface area contributed by atoms with Crippen LogP contribution in [0.3, 0.4) is 0 Å². The number of carbonyl (C=O) groups is 4. The average molecular weight is 577 g/mol. The second-order valence-electron chi connectivity index (χ2n) is 12.7. The van der Waals surface area contributed by atoms with Gasteiger partial charge in [-0.2, -0.15) is 0 Å². The molecule has 1 saturated heterocycles. The molecule has 1 fully saturated rings. The van der Waals surface area contributed by atoms with Crippen LogP contribution in [-0.2, 0) is 20.7 Å². The number of hydrogen-bond acceptors (Lipinski definition) is 5. The lowest BCUT2D eigenvalue weighted by Gasteiger charge is -2.42. The van der Waals surface area contributed by atoms with Crippen molar-refractivity contribution in [1.82, 2.24) is 15.1 Å². The normalized spacial score (nSPS) is 18.9. The fraction of sp³-hybridized carbons (Fsp3) is 0.667. The van der Waals surface area contributed by atoms with Crippen LogP contribution in [0, 0.1) is 5.41 Å². The quantitative estimate of drug-likeness (QED) is 0.491. The highest BCUT2D eigenvalue weighted by atomic mass is 35.5. The van der Waals surface area contributed by atoms with Crippen molar-refractivity contribution in [1.29, 1.82) is 0 Å². The number of piperidine rings is 1. The Labute approximate surface area is 243 Å². The van der Waals surface area contributed by atoms with E-state index in [9.17, 15) is 19.2 Å². The summed E-state index contributed by atoms with van der Waals surface area (Å²) in [5.74, 6) is -0.390. The van der Waals surface area contributed by atoms with Crippen molar-refractivity contribution in [3.63, 3.8) is 0 Å². The number of carbonyl (C=O) groups excluding carboxylic acids is 4. The number of hydrogen-bond donors (Lipinski definition) is 1. The third-order valence-electron chi connectivity index (χ3n) is 7.36. The molecule has 1 aromatic rings. The molecule has 10 heteroatoms. The highest BCUT2D eigenvalue weighted by Crippen LogP contribution is 2.40. The van der Waals surface area contributed by atoms with Gasteiger partial charge in [-0.1, -0.05) is 32.4 Å². The van der Waals surface area contributed by atoms with Crippen molar-refractivity contribution in [2.24, 2.45) is 5.41 Å². The lowest BCUT2D eigenvalue weighted by Crippen LogP contribution is -2.54. The number of nitrogens with zero attached hydrogens (tertiary/aromatic N) is 3. The number of nitrogens with one attached hydrogen (secondary N) is 1. The van der Waals surface area contributed by atoms with E-state index in [4.69, 9.17) is 16.3 Å². The summed E-state index contributed by atoms with van der Waals surface area (Å²) in [5, 5.41) is 3.17. The number of amides is 4. The predicted octanol–water partition coefficient (Wildman–Crippen LogP) is 5.03. The predicted molar refractivity (Wildman–Crippen MR) is 157 cm³/mol. The maximum absolute atomic E-state index is 14.1. The fourth-order valence-corrected chi connectivity index (χ4v) is 5.74. The number of ether oxygens (including phenoxy) is 1. The molecule has 0 radical (unpaired) electrons. The smallest absolute Gasteiger partial charge is 0.410 e. The van der Waals surface area contributed by atoms with Gasteiger partial charge in [0.2, 0.25) is 11.8 Å². The lowest BCUT2D eigenvalue weighted by molar-refractivity contribution is -0.127. The van der Waals surface area contributed by atoms with Gasteiger partial charge in [-0.25, -0.2) is 4.79 Å². The first-order valence-electron chi connectivity index (χ1n) is 14.3. The minimum absolute atomic E-state index is 0.0625. The van der Waals surface area contributed by atoms with Crippen LogP contribution >= 0.6 is 11.6 Å². The molecule has 0 spiro atoms. The maximum Gasteiger partial charge on any atom is 0.410 e. The Bertz CT molecular complexity index is 1140. The van der Waals surface area contributed by atoms with Gasteiger partial charge >= 0.3 is 6.09 Å². The zero-order valence-electron chi connectivity index (χ0n) is 25.2. The molecule has 222 valence electrons. The van der Waals surface area contributed by atoms with E-state index in [1.807, 2.05) is 48.5 Å². The SMILES string of the molecule is CCC(=O)NCCN1C(=O)C(C)(C)Cc2cc(Cl)c(C(=O)N(C(C)C)[C@@H]3CCCN(C(=O)OC(C)(C)C)C3)cc21. The molecule has 0 saturated carbocycles. The molecule has 2 heterocycles. The minimum Gasteiger partial charge on any atom is -0.444 e. The van der Waals surface area contributed by atoms with Crippen molar-refractivity contribution < 1.29 is 23.9 Å². The molecule has 0 aromatic heterocycles. The van der Waals surface area contributed by atoms with Crippen molar-refractivity contribution in [2.45, 2.75) is 98.8 Å². The summed E-state index contributed by atoms with van der Waals surface area (Å²) in [6.45, 7) is 16.5. The van der Waals surface area contributed by atoms with Gasteiger partial charge in [-0.15, -0.1) is 0 Å². The van der Waals surface area contributed by atoms with Crippen LogP contribution in [0.25, 0.3) is 0 Å². The van der Waals surface area contributed by atoms with Gasteiger partial charge in [0, 0.05) is 49.7 Å². The first kappa shape index (κ1) is 31.7. The monoisotopic (exact) mass is 576 g/mol. The average Bonchev–Trinajstić information content (AvgIpc) is 2.84. The van der Waals surface area contributed by atoms with Gasteiger partial charge in [0.1, 0.15) is 5.60 Å². The van der Waals surface area contributed by atoms with Crippen LogP contribution in [0.2, 0.25) is 5.02 Å². The van der Waals surface area contributed by atoms with Gasteiger partial charge in [0.05, 0.1) is 16.6 Å². The van der Waals surface area contributed by atoms with E-state index in [2.05, 4.69) is 5.32 Å². The van der Waals surface area contributed by atoms with Gasteiger partial charge < -0.3 is 24.8 Å². The lowest BCUT2D eigenvalue weighted by atomic mass is 9.79. The summed E-state index contributed by atoms with van der Waals surface area (Å²) < 4.78 is 5.58. The molecule has 9 nitrogen and oxygen atoms in total. The van der Waals surface area contributed by atoms with Crippen LogP contribution in [0.4, 0.5) is 10.5 Å². The Morgan fingerprint density at radius 3 is 2.50 bits per heavy atom. The highest BCUT2D eigenvalue weighted by Gasteiger charge is 2.40. The van der Waals surface area contributed by atoms with E-state index in [1.165, 1.54) is 0 Å². The maximum atomic E-state index is 14.1. The van der Waals surface area contributed by atoms with Crippen molar-refractivity contribution >= 4 is 41.1 Å². The van der Waals surface area contributed by atoms with Crippen LogP contribution in [0.5, 0.6) is 0 Å². The van der Waals surface area contributed by atoms with E-state index < -0.39 is 11.0 Å². The molecule has 0 bridgehead atoms. The zero-order valence-corrected chi connectivity index (χ0v) is 26.0. The highest BCUT2D eigenvalue weighted by molar-refractivity contribution is 6.34. The van der Waals surface area contributed by atoms with E-state index >= 15 is 0 Å². The first-order valence-corrected chi connectivity index (χ1v) is 14.6. The summed E-state index contributed by atoms with van der Waals surface area (Å²) in [6.07, 6.45) is 1.98. The fourth-order valence-electron chi connectivity index (χ4n) is 5.48. The van der Waals surface area contributed by atoms with Crippen molar-refractivity contribution in [3.8, 4) is 0 Å². The Morgan fingerprint density at radius 2 is 1.90 bits per heavy atom. The molecule has 0 aliphatic carbocycles. The second-order valence-corrected chi connectivity index (χ2v) is 13.1. The summed E-state index contributed by atoms with van der Waals surface area (Å²) in [5.41, 5.74) is 0.598. The molecule has 0 unspecified atom stereocenters. The molecule has 1 N–H and O–H groups in total. The van der Waals surface area contributed by atoms with E-state index in [0.717, 1.165) is 18.4 Å². The summed E-state index contributed by atoms with van der Waals surface area (Å²) in [7, 11) is 0. The van der Waals surface area contributed by atoms with Gasteiger partial charge in [-0.3, -0.25) is 14.4 Å². The molecular formula is C30H45ClN4O5. The first-order chi connectivity index (χ1) is 18.6. The van der Waals surface area contributed by atoms with E-state index in [1.54, 1.807) is 33.8 Å². The largest absolute Gasteiger partial charge is 0.444 e. The Kier molecular flexibility index (Phi) is 9.81. The topological polar surface area (TPSA) is 99.3 Å². The van der Waals surface area contributed by atoms with Crippen LogP contribution in [0.15, 0.2) is 12.1 Å². The summed E-state index contributed by atoms with van der Waals surface area (Å²) >= 11 is 6.74. The standard InChI is InChI=1S/C30H45ClN4O5/c1-9-25(36)32-12-14-34-24-16-22(23(31)15-20(24)17-30(7,8)27(34)38)26(37)35(19(2)3)21-11-10-13-33(18-21)28(39)40-29(4,5)6/h15-16,19,21H,9-14,17-18H2,1-8H3,(H,32,36)/t21-/m1/s1. The molecule has 2 aliphatic heterocycles. The van der Waals surface area contributed by atoms with Gasteiger partial charge in [0.15, 0.2) is 0 Å². The minimum atomic E-state index is -0.645. The molecule has 3 rings (SSSR count). The number of fused-ring (bicyclic) bond motifs is 1. The Hall–Kier alpha value is -2.81. The number of likely N-dealkylation sites (tertiary alicyclic amines) is 1.